The van der Waals surface area contributed by atoms with Gasteiger partial charge >= 0.3 is 0 Å². The third kappa shape index (κ3) is 7.15. The van der Waals surface area contributed by atoms with Crippen LogP contribution in [0.5, 0.6) is 0 Å². The average Bonchev–Trinajstić information content (AvgIpc) is 2.80. The Balaban J connectivity index is 1.85. The van der Waals surface area contributed by atoms with Crippen molar-refractivity contribution in [3.05, 3.63) is 34.9 Å². The van der Waals surface area contributed by atoms with Gasteiger partial charge in [0.25, 0.3) is 0 Å². The topological polar surface area (TPSA) is 36.1 Å². The molecule has 3 fully saturated rings. The number of rotatable bonds is 6. The van der Waals surface area contributed by atoms with E-state index in [9.17, 15) is 0 Å². The summed E-state index contributed by atoms with van der Waals surface area (Å²) in [4.78, 5) is 0. The Labute approximate surface area is 261 Å². The first kappa shape index (κ1) is 34.0. The van der Waals surface area contributed by atoms with Gasteiger partial charge in [-0.25, -0.2) is 0 Å². The number of benzene rings is 1. The summed E-state index contributed by atoms with van der Waals surface area (Å²) in [5.41, 5.74) is 5.61. The quantitative estimate of drug-likeness (QED) is 0.314. The molecule has 0 aliphatic carbocycles. The highest BCUT2D eigenvalue weighted by molar-refractivity contribution is 5.39. The van der Waals surface area contributed by atoms with Gasteiger partial charge in [0.1, 0.15) is 0 Å². The highest BCUT2D eigenvalue weighted by Crippen LogP contribution is 2.48. The minimum atomic E-state index is 0.123. The van der Waals surface area contributed by atoms with Crippen molar-refractivity contribution >= 4 is 0 Å². The Morgan fingerprint density at radius 3 is 0.833 bits per heavy atom. The fraction of sp³-hybridized carbons (Fsp3) is 0.846. The Bertz CT molecular complexity index is 962. The Hall–Kier alpha value is -0.900. The molecule has 0 saturated carbocycles. The van der Waals surface area contributed by atoms with Crippen molar-refractivity contribution in [2.75, 3.05) is 0 Å². The minimum absolute atomic E-state index is 0.123. The smallest absolute Gasteiger partial charge is 0.0187 e. The summed E-state index contributed by atoms with van der Waals surface area (Å²) in [5.74, 6) is 3.50. The Kier molecular flexibility index (Phi) is 9.03. The summed E-state index contributed by atoms with van der Waals surface area (Å²) >= 11 is 0. The van der Waals surface area contributed by atoms with Crippen molar-refractivity contribution in [1.29, 1.82) is 0 Å². The van der Waals surface area contributed by atoms with Gasteiger partial charge in [-0.15, -0.1) is 0 Å². The highest BCUT2D eigenvalue weighted by atomic mass is 15.1. The lowest BCUT2D eigenvalue weighted by molar-refractivity contribution is 0.104. The van der Waals surface area contributed by atoms with E-state index in [1.54, 1.807) is 16.7 Å². The van der Waals surface area contributed by atoms with Crippen molar-refractivity contribution in [2.45, 2.75) is 193 Å². The van der Waals surface area contributed by atoms with Gasteiger partial charge in [-0.1, -0.05) is 59.7 Å². The summed E-state index contributed by atoms with van der Waals surface area (Å²) in [6, 6.07) is 8.03. The van der Waals surface area contributed by atoms with Crippen LogP contribution in [0.3, 0.4) is 0 Å². The minimum Gasteiger partial charge on any atom is -0.306 e. The van der Waals surface area contributed by atoms with E-state index in [1.165, 1.54) is 38.5 Å². The van der Waals surface area contributed by atoms with E-state index in [4.69, 9.17) is 0 Å². The molecule has 3 N–H and O–H groups in total. The molecule has 0 radical (unpaired) electrons. The molecular weight excluding hydrogens is 510 g/mol. The standard InChI is InChI=1S/C39H69N3/c1-25(2)37(13)22-31(19-34(7,8)40-37)28-16-29(32-20-35(9,10)41-38(14,23-32)26(3)4)18-30(17-28)33-21-36(11,12)42-39(15,24-33)27(5)6/h16-18,25-27,31-33,40-42H,19-24H2,1-15H3. The molecule has 6 atom stereocenters. The zero-order valence-corrected chi connectivity index (χ0v) is 30.4. The van der Waals surface area contributed by atoms with E-state index in [1.807, 2.05) is 0 Å². The van der Waals surface area contributed by atoms with E-state index in [2.05, 4.69) is 138 Å². The molecule has 240 valence electrons. The van der Waals surface area contributed by atoms with Crippen LogP contribution >= 0.6 is 0 Å². The molecule has 3 nitrogen and oxygen atoms in total. The number of piperidine rings is 3. The van der Waals surface area contributed by atoms with E-state index >= 15 is 0 Å². The number of hydrogen-bond donors (Lipinski definition) is 3. The van der Waals surface area contributed by atoms with Crippen molar-refractivity contribution in [1.82, 2.24) is 16.0 Å². The number of nitrogens with one attached hydrogen (secondary N) is 3. The van der Waals surface area contributed by atoms with Crippen molar-refractivity contribution in [3.63, 3.8) is 0 Å². The summed E-state index contributed by atoms with van der Waals surface area (Å²) in [6.45, 7) is 36.4. The molecule has 3 heteroatoms. The highest BCUT2D eigenvalue weighted by Gasteiger charge is 2.46. The molecule has 4 rings (SSSR count). The first-order valence-corrected chi connectivity index (χ1v) is 17.5. The molecule has 1 aromatic rings. The van der Waals surface area contributed by atoms with Gasteiger partial charge in [0.15, 0.2) is 0 Å². The normalized spacial score (nSPS) is 38.3. The predicted octanol–water partition coefficient (Wildman–Crippen LogP) is 9.67. The third-order valence-electron chi connectivity index (χ3n) is 12.4. The molecule has 42 heavy (non-hydrogen) atoms. The first-order valence-electron chi connectivity index (χ1n) is 17.5. The predicted molar refractivity (Wildman–Crippen MR) is 184 cm³/mol. The summed E-state index contributed by atoms with van der Waals surface area (Å²) in [5, 5.41) is 12.2. The largest absolute Gasteiger partial charge is 0.306 e. The van der Waals surface area contributed by atoms with Crippen molar-refractivity contribution < 1.29 is 0 Å². The maximum atomic E-state index is 4.08. The maximum absolute atomic E-state index is 4.08. The van der Waals surface area contributed by atoms with E-state index in [0.29, 0.717) is 35.5 Å². The van der Waals surface area contributed by atoms with Crippen LogP contribution in [0.25, 0.3) is 0 Å². The van der Waals surface area contributed by atoms with Crippen LogP contribution in [0.4, 0.5) is 0 Å². The molecule has 0 aromatic heterocycles. The Morgan fingerprint density at radius 1 is 0.429 bits per heavy atom. The molecule has 1 aromatic carbocycles. The second kappa shape index (κ2) is 11.2. The SMILES string of the molecule is CC(C)C1(C)CC(c2cc(C3CC(C)(C)NC(C)(C(C)C)C3)cc(C3CC(C)(C)NC(C)(C(C)C)C3)c2)CC(C)(C)N1. The summed E-state index contributed by atoms with van der Waals surface area (Å²) in [6.07, 6.45) is 7.21. The van der Waals surface area contributed by atoms with Crippen molar-refractivity contribution in [3.8, 4) is 0 Å². The molecular formula is C39H69N3. The summed E-state index contributed by atoms with van der Waals surface area (Å²) in [7, 11) is 0. The molecule has 3 aliphatic heterocycles. The van der Waals surface area contributed by atoms with Crippen LogP contribution in [0.1, 0.15) is 177 Å². The molecule has 3 saturated heterocycles. The average molecular weight is 580 g/mol. The number of hydrogen-bond acceptors (Lipinski definition) is 3. The summed E-state index contributed by atoms with van der Waals surface area (Å²) < 4.78 is 0. The third-order valence-corrected chi connectivity index (χ3v) is 12.4. The monoisotopic (exact) mass is 580 g/mol. The van der Waals surface area contributed by atoms with Crippen LogP contribution in [-0.2, 0) is 0 Å². The van der Waals surface area contributed by atoms with Gasteiger partial charge in [0.2, 0.25) is 0 Å². The molecule has 0 amide bonds. The lowest BCUT2D eigenvalue weighted by Crippen LogP contribution is -2.61. The van der Waals surface area contributed by atoms with Crippen LogP contribution < -0.4 is 16.0 Å². The Morgan fingerprint density at radius 2 is 0.643 bits per heavy atom. The van der Waals surface area contributed by atoms with E-state index in [-0.39, 0.29) is 33.2 Å². The van der Waals surface area contributed by atoms with Crippen LogP contribution in [0.2, 0.25) is 0 Å². The van der Waals surface area contributed by atoms with Gasteiger partial charge in [-0.05, 0) is 153 Å². The van der Waals surface area contributed by atoms with Gasteiger partial charge in [-0.2, -0.15) is 0 Å². The van der Waals surface area contributed by atoms with Crippen LogP contribution in [0, 0.1) is 17.8 Å². The lowest BCUT2D eigenvalue weighted by Gasteiger charge is -2.52. The van der Waals surface area contributed by atoms with Gasteiger partial charge in [0, 0.05) is 33.2 Å². The molecule has 3 aliphatic rings. The van der Waals surface area contributed by atoms with Crippen molar-refractivity contribution in [2.24, 2.45) is 17.8 Å². The second-order valence-corrected chi connectivity index (χ2v) is 19.0. The first-order chi connectivity index (χ1) is 19.0. The molecule has 0 spiro atoms. The fourth-order valence-electron chi connectivity index (χ4n) is 9.48. The van der Waals surface area contributed by atoms with Crippen LogP contribution in [-0.4, -0.2) is 33.2 Å². The van der Waals surface area contributed by atoms with E-state index in [0.717, 1.165) is 0 Å². The molecule has 6 unspecified atom stereocenters. The van der Waals surface area contributed by atoms with Crippen LogP contribution in [0.15, 0.2) is 18.2 Å². The second-order valence-electron chi connectivity index (χ2n) is 19.0. The maximum Gasteiger partial charge on any atom is 0.0187 e. The fourth-order valence-corrected chi connectivity index (χ4v) is 9.48. The zero-order valence-electron chi connectivity index (χ0n) is 30.4. The molecule has 3 heterocycles. The zero-order chi connectivity index (χ0) is 31.7. The van der Waals surface area contributed by atoms with Gasteiger partial charge in [0.05, 0.1) is 0 Å². The lowest BCUT2D eigenvalue weighted by atomic mass is 9.65. The molecule has 0 bridgehead atoms. The van der Waals surface area contributed by atoms with Gasteiger partial charge < -0.3 is 16.0 Å². The van der Waals surface area contributed by atoms with Gasteiger partial charge in [-0.3, -0.25) is 0 Å². The van der Waals surface area contributed by atoms with E-state index < -0.39 is 0 Å².